The quantitative estimate of drug-likeness (QED) is 0.761. The van der Waals surface area contributed by atoms with Crippen molar-refractivity contribution in [2.45, 2.75) is 12.8 Å². The predicted molar refractivity (Wildman–Crippen MR) is 55.4 cm³/mol. The summed E-state index contributed by atoms with van der Waals surface area (Å²) < 4.78 is 13.6. The summed E-state index contributed by atoms with van der Waals surface area (Å²) >= 11 is 0. The van der Waals surface area contributed by atoms with E-state index in [9.17, 15) is 4.39 Å². The standard InChI is InChI=1S/C11H10FN3/c12-9-6-8(7-13)3-4-10(9)15-5-1-2-11(15)14/h3-4,6,14H,1-2,5H2. The molecule has 15 heavy (non-hydrogen) atoms. The highest BCUT2D eigenvalue weighted by molar-refractivity contribution is 5.97. The summed E-state index contributed by atoms with van der Waals surface area (Å²) in [6.07, 6.45) is 1.58. The first-order valence-electron chi connectivity index (χ1n) is 4.77. The normalized spacial score (nSPS) is 15.5. The summed E-state index contributed by atoms with van der Waals surface area (Å²) in [5.41, 5.74) is 0.707. The number of anilines is 1. The Labute approximate surface area is 87.3 Å². The number of rotatable bonds is 1. The molecule has 0 spiro atoms. The maximum absolute atomic E-state index is 13.6. The van der Waals surface area contributed by atoms with Gasteiger partial charge in [-0.3, -0.25) is 5.41 Å². The van der Waals surface area contributed by atoms with Gasteiger partial charge in [-0.15, -0.1) is 0 Å². The Morgan fingerprint density at radius 2 is 2.27 bits per heavy atom. The van der Waals surface area contributed by atoms with Crippen molar-refractivity contribution in [1.82, 2.24) is 0 Å². The van der Waals surface area contributed by atoms with Crippen molar-refractivity contribution in [3.63, 3.8) is 0 Å². The number of benzene rings is 1. The van der Waals surface area contributed by atoms with E-state index in [0.29, 0.717) is 30.1 Å². The fraction of sp³-hybridized carbons (Fsp3) is 0.273. The highest BCUT2D eigenvalue weighted by Crippen LogP contribution is 2.25. The van der Waals surface area contributed by atoms with Crippen LogP contribution in [0, 0.1) is 22.6 Å². The Bertz CT molecular complexity index is 448. The highest BCUT2D eigenvalue weighted by Gasteiger charge is 2.21. The van der Waals surface area contributed by atoms with Gasteiger partial charge in [-0.25, -0.2) is 4.39 Å². The highest BCUT2D eigenvalue weighted by atomic mass is 19.1. The second kappa shape index (κ2) is 3.70. The molecule has 1 saturated heterocycles. The minimum Gasteiger partial charge on any atom is -0.328 e. The SMILES string of the molecule is N#Cc1ccc(N2CCCC2=N)c(F)c1. The largest absolute Gasteiger partial charge is 0.328 e. The van der Waals surface area contributed by atoms with Crippen molar-refractivity contribution < 1.29 is 4.39 Å². The van der Waals surface area contributed by atoms with Crippen molar-refractivity contribution in [2.24, 2.45) is 0 Å². The van der Waals surface area contributed by atoms with Crippen LogP contribution >= 0.6 is 0 Å². The molecule has 1 heterocycles. The van der Waals surface area contributed by atoms with Crippen LogP contribution in [0.2, 0.25) is 0 Å². The van der Waals surface area contributed by atoms with Gasteiger partial charge in [0.15, 0.2) is 0 Å². The molecule has 0 unspecified atom stereocenters. The fourth-order valence-corrected chi connectivity index (χ4v) is 1.74. The molecule has 0 saturated carbocycles. The van der Waals surface area contributed by atoms with Gasteiger partial charge in [-0.1, -0.05) is 0 Å². The lowest BCUT2D eigenvalue weighted by Gasteiger charge is -2.18. The molecule has 0 aliphatic carbocycles. The van der Waals surface area contributed by atoms with Gasteiger partial charge in [-0.2, -0.15) is 5.26 Å². The van der Waals surface area contributed by atoms with E-state index in [1.54, 1.807) is 17.0 Å². The molecule has 1 aromatic rings. The Morgan fingerprint density at radius 3 is 2.80 bits per heavy atom. The van der Waals surface area contributed by atoms with Crippen LogP contribution in [0.5, 0.6) is 0 Å². The molecule has 0 atom stereocenters. The molecule has 1 N–H and O–H groups in total. The van der Waals surface area contributed by atoms with Crippen molar-refractivity contribution in [1.29, 1.82) is 10.7 Å². The first-order valence-corrected chi connectivity index (χ1v) is 4.77. The van der Waals surface area contributed by atoms with Gasteiger partial charge in [0.25, 0.3) is 0 Å². The molecule has 3 nitrogen and oxygen atoms in total. The van der Waals surface area contributed by atoms with E-state index < -0.39 is 5.82 Å². The van der Waals surface area contributed by atoms with E-state index in [1.807, 2.05) is 6.07 Å². The summed E-state index contributed by atoms with van der Waals surface area (Å²) in [4.78, 5) is 1.65. The smallest absolute Gasteiger partial charge is 0.148 e. The molecule has 1 aliphatic rings. The van der Waals surface area contributed by atoms with E-state index in [-0.39, 0.29) is 0 Å². The van der Waals surface area contributed by atoms with Crippen molar-refractivity contribution >= 4 is 11.5 Å². The summed E-state index contributed by atoms with van der Waals surface area (Å²) in [6.45, 7) is 0.682. The Hall–Kier alpha value is -1.89. The van der Waals surface area contributed by atoms with E-state index in [4.69, 9.17) is 10.7 Å². The molecular formula is C11H10FN3. The molecule has 1 fully saturated rings. The van der Waals surface area contributed by atoms with Crippen LogP contribution in [0.15, 0.2) is 18.2 Å². The molecule has 0 amide bonds. The minimum atomic E-state index is -0.430. The molecule has 76 valence electrons. The lowest BCUT2D eigenvalue weighted by atomic mass is 10.2. The first kappa shape index (κ1) is 9.66. The fourth-order valence-electron chi connectivity index (χ4n) is 1.74. The summed E-state index contributed by atoms with van der Waals surface area (Å²) in [5.74, 6) is 0.0132. The third kappa shape index (κ3) is 1.68. The van der Waals surface area contributed by atoms with Crippen molar-refractivity contribution in [3.8, 4) is 6.07 Å². The maximum atomic E-state index is 13.6. The molecule has 2 rings (SSSR count). The number of amidine groups is 1. The molecule has 0 bridgehead atoms. The lowest BCUT2D eigenvalue weighted by Crippen LogP contribution is -2.24. The van der Waals surface area contributed by atoms with Gasteiger partial charge >= 0.3 is 0 Å². The molecule has 4 heteroatoms. The second-order valence-corrected chi connectivity index (χ2v) is 3.48. The number of hydrogen-bond donors (Lipinski definition) is 1. The third-order valence-corrected chi connectivity index (χ3v) is 2.49. The number of nitrogens with one attached hydrogen (secondary N) is 1. The monoisotopic (exact) mass is 203 g/mol. The van der Waals surface area contributed by atoms with Crippen LogP contribution in [0.25, 0.3) is 0 Å². The van der Waals surface area contributed by atoms with Gasteiger partial charge < -0.3 is 4.90 Å². The van der Waals surface area contributed by atoms with Gasteiger partial charge in [0.1, 0.15) is 11.7 Å². The number of nitriles is 1. The zero-order valence-electron chi connectivity index (χ0n) is 8.13. The first-order chi connectivity index (χ1) is 7.22. The average molecular weight is 203 g/mol. The van der Waals surface area contributed by atoms with E-state index in [0.717, 1.165) is 6.42 Å². The van der Waals surface area contributed by atoms with Gasteiger partial charge in [0.2, 0.25) is 0 Å². The van der Waals surface area contributed by atoms with E-state index >= 15 is 0 Å². The second-order valence-electron chi connectivity index (χ2n) is 3.48. The van der Waals surface area contributed by atoms with Crippen LogP contribution < -0.4 is 4.90 Å². The Balaban J connectivity index is 2.37. The zero-order chi connectivity index (χ0) is 10.8. The molecule has 1 aliphatic heterocycles. The third-order valence-electron chi connectivity index (χ3n) is 2.49. The average Bonchev–Trinajstić information content (AvgIpc) is 2.64. The minimum absolute atomic E-state index is 0.307. The molecule has 0 aromatic heterocycles. The van der Waals surface area contributed by atoms with Gasteiger partial charge in [0.05, 0.1) is 17.3 Å². The van der Waals surface area contributed by atoms with Crippen molar-refractivity contribution in [2.75, 3.05) is 11.4 Å². The Kier molecular flexibility index (Phi) is 2.38. The molecular weight excluding hydrogens is 193 g/mol. The van der Waals surface area contributed by atoms with E-state index in [1.165, 1.54) is 6.07 Å². The van der Waals surface area contributed by atoms with Crippen LogP contribution in [0.4, 0.5) is 10.1 Å². The molecule has 1 aromatic carbocycles. The van der Waals surface area contributed by atoms with Crippen molar-refractivity contribution in [3.05, 3.63) is 29.6 Å². The van der Waals surface area contributed by atoms with Crippen LogP contribution in [-0.4, -0.2) is 12.4 Å². The van der Waals surface area contributed by atoms with Crippen LogP contribution in [0.3, 0.4) is 0 Å². The van der Waals surface area contributed by atoms with E-state index in [2.05, 4.69) is 0 Å². The summed E-state index contributed by atoms with van der Waals surface area (Å²) in [7, 11) is 0. The number of hydrogen-bond acceptors (Lipinski definition) is 2. The number of halogens is 1. The van der Waals surface area contributed by atoms with Crippen LogP contribution in [0.1, 0.15) is 18.4 Å². The summed E-state index contributed by atoms with van der Waals surface area (Å²) in [5, 5.41) is 16.2. The zero-order valence-corrected chi connectivity index (χ0v) is 8.13. The van der Waals surface area contributed by atoms with Gasteiger partial charge in [0, 0.05) is 13.0 Å². The predicted octanol–water partition coefficient (Wildman–Crippen LogP) is 2.27. The Morgan fingerprint density at radius 1 is 1.47 bits per heavy atom. The van der Waals surface area contributed by atoms with Gasteiger partial charge in [-0.05, 0) is 24.6 Å². The maximum Gasteiger partial charge on any atom is 0.148 e. The topological polar surface area (TPSA) is 50.9 Å². The number of nitrogens with zero attached hydrogens (tertiary/aromatic N) is 2. The van der Waals surface area contributed by atoms with Crippen LogP contribution in [-0.2, 0) is 0 Å². The lowest BCUT2D eigenvalue weighted by molar-refractivity contribution is 0.626. The summed E-state index contributed by atoms with van der Waals surface area (Å²) in [6, 6.07) is 6.23. The molecule has 0 radical (unpaired) electrons.